The van der Waals surface area contributed by atoms with Crippen molar-refractivity contribution in [1.82, 2.24) is 0 Å². The van der Waals surface area contributed by atoms with Gasteiger partial charge >= 0.3 is 0 Å². The summed E-state index contributed by atoms with van der Waals surface area (Å²) in [4.78, 5) is 26.7. The van der Waals surface area contributed by atoms with Crippen molar-refractivity contribution in [2.24, 2.45) is 11.5 Å². The SMILES string of the molecule is NC1(N)ON(c2ccc(C=O)cc2)[C@@H](c2ccc([N+](=O)[O-])cc2)S1. The number of hydroxylamine groups is 1. The van der Waals surface area contributed by atoms with Crippen LogP contribution >= 0.6 is 11.8 Å². The number of carbonyl (C=O) groups excluding carboxylic acids is 1. The number of non-ortho nitro benzene ring substituents is 1. The lowest BCUT2D eigenvalue weighted by Crippen LogP contribution is -2.47. The normalized spacial score (nSPS) is 19.2. The molecule has 1 saturated heterocycles. The Morgan fingerprint density at radius 2 is 1.79 bits per heavy atom. The maximum Gasteiger partial charge on any atom is 0.269 e. The number of rotatable bonds is 4. The fraction of sp³-hybridized carbons (Fsp3) is 0.133. The third-order valence-corrected chi connectivity index (χ3v) is 4.55. The molecule has 3 rings (SSSR count). The van der Waals surface area contributed by atoms with Gasteiger partial charge in [-0.25, -0.2) is 9.90 Å². The van der Waals surface area contributed by atoms with Crippen LogP contribution in [0.3, 0.4) is 0 Å². The number of benzene rings is 2. The molecule has 1 aliphatic heterocycles. The Balaban J connectivity index is 1.93. The second-order valence-corrected chi connectivity index (χ2v) is 6.49. The summed E-state index contributed by atoms with van der Waals surface area (Å²) in [5.74, 6) is 0. The fourth-order valence-electron chi connectivity index (χ4n) is 2.30. The van der Waals surface area contributed by atoms with E-state index in [1.165, 1.54) is 29.0 Å². The topological polar surface area (TPSA) is 125 Å². The second-order valence-electron chi connectivity index (χ2n) is 5.17. The lowest BCUT2D eigenvalue weighted by Gasteiger charge is -2.24. The second kappa shape index (κ2) is 6.21. The zero-order valence-corrected chi connectivity index (χ0v) is 13.2. The zero-order valence-electron chi connectivity index (χ0n) is 12.4. The molecule has 1 heterocycles. The Bertz CT molecular complexity index is 764. The van der Waals surface area contributed by atoms with Gasteiger partial charge in [-0.05, 0) is 42.0 Å². The molecule has 4 N–H and O–H groups in total. The Kier molecular flexibility index (Phi) is 4.24. The van der Waals surface area contributed by atoms with Crippen LogP contribution in [0.15, 0.2) is 48.5 Å². The molecular weight excluding hydrogens is 332 g/mol. The zero-order chi connectivity index (χ0) is 17.3. The van der Waals surface area contributed by atoms with Gasteiger partial charge in [-0.15, -0.1) is 0 Å². The first-order valence-corrected chi connectivity index (χ1v) is 7.81. The quantitative estimate of drug-likeness (QED) is 0.373. The van der Waals surface area contributed by atoms with Crippen molar-refractivity contribution in [3.8, 4) is 0 Å². The summed E-state index contributed by atoms with van der Waals surface area (Å²) in [7, 11) is 0. The average Bonchev–Trinajstić information content (AvgIpc) is 2.91. The number of carbonyl (C=O) groups is 1. The predicted octanol–water partition coefficient (Wildman–Crippen LogP) is 2.12. The molecule has 124 valence electrons. The highest BCUT2D eigenvalue weighted by molar-refractivity contribution is 8.00. The number of hydrogen-bond donors (Lipinski definition) is 2. The van der Waals surface area contributed by atoms with Crippen LogP contribution in [-0.2, 0) is 4.84 Å². The van der Waals surface area contributed by atoms with Gasteiger partial charge in [0.25, 0.3) is 5.69 Å². The minimum Gasteiger partial charge on any atom is -0.298 e. The van der Waals surface area contributed by atoms with E-state index < -0.39 is 10.1 Å². The monoisotopic (exact) mass is 346 g/mol. The number of nitro benzene ring substituents is 1. The Labute approximate surface area is 141 Å². The number of hydrogen-bond acceptors (Lipinski definition) is 8. The van der Waals surface area contributed by atoms with Crippen LogP contribution in [-0.4, -0.2) is 16.4 Å². The van der Waals surface area contributed by atoms with Gasteiger partial charge in [-0.3, -0.25) is 26.4 Å². The van der Waals surface area contributed by atoms with E-state index in [1.54, 1.807) is 36.4 Å². The van der Waals surface area contributed by atoms with E-state index in [1.807, 2.05) is 0 Å². The Morgan fingerprint density at radius 1 is 1.17 bits per heavy atom. The molecule has 0 spiro atoms. The van der Waals surface area contributed by atoms with Gasteiger partial charge in [0.05, 0.1) is 10.6 Å². The van der Waals surface area contributed by atoms with Gasteiger partial charge < -0.3 is 0 Å². The van der Waals surface area contributed by atoms with Crippen LogP contribution in [0, 0.1) is 10.1 Å². The molecule has 0 bridgehead atoms. The smallest absolute Gasteiger partial charge is 0.269 e. The molecule has 2 aromatic rings. The maximum absolute atomic E-state index is 10.8. The molecule has 2 aromatic carbocycles. The summed E-state index contributed by atoms with van der Waals surface area (Å²) in [5, 5.41) is 10.5. The molecule has 0 radical (unpaired) electrons. The Hall–Kier alpha value is -2.46. The molecule has 0 saturated carbocycles. The minimum atomic E-state index is -1.43. The van der Waals surface area contributed by atoms with Crippen molar-refractivity contribution in [2.75, 3.05) is 5.06 Å². The first-order chi connectivity index (χ1) is 11.4. The standard InChI is InChI=1S/C15H14N4O4S/c16-15(17)23-18(12-5-1-10(9-20)2-6-12)14(24-15)11-3-7-13(8-4-11)19(21)22/h1-9,14H,16-17H2/t14-/m1/s1. The number of nitrogens with zero attached hydrogens (tertiary/aromatic N) is 2. The van der Waals surface area contributed by atoms with Gasteiger partial charge in [0, 0.05) is 17.7 Å². The van der Waals surface area contributed by atoms with Crippen LogP contribution < -0.4 is 16.5 Å². The molecule has 0 aromatic heterocycles. The fourth-order valence-corrected chi connectivity index (χ4v) is 3.32. The van der Waals surface area contributed by atoms with Gasteiger partial charge in [-0.1, -0.05) is 11.8 Å². The van der Waals surface area contributed by atoms with Crippen LogP contribution in [0.25, 0.3) is 0 Å². The van der Waals surface area contributed by atoms with Crippen molar-refractivity contribution in [3.63, 3.8) is 0 Å². The highest BCUT2D eigenvalue weighted by Crippen LogP contribution is 2.47. The van der Waals surface area contributed by atoms with Crippen LogP contribution in [0.2, 0.25) is 0 Å². The molecule has 0 amide bonds. The van der Waals surface area contributed by atoms with E-state index in [2.05, 4.69) is 0 Å². The largest absolute Gasteiger partial charge is 0.298 e. The summed E-state index contributed by atoms with van der Waals surface area (Å²) in [6, 6.07) is 12.8. The summed E-state index contributed by atoms with van der Waals surface area (Å²) < 4.78 is 0. The third kappa shape index (κ3) is 3.24. The summed E-state index contributed by atoms with van der Waals surface area (Å²) in [5.41, 5.74) is 13.7. The minimum absolute atomic E-state index is 0.00342. The average molecular weight is 346 g/mol. The summed E-state index contributed by atoms with van der Waals surface area (Å²) >= 11 is 1.17. The van der Waals surface area contributed by atoms with E-state index in [0.29, 0.717) is 11.3 Å². The van der Waals surface area contributed by atoms with Gasteiger partial charge in [0.2, 0.25) is 5.18 Å². The van der Waals surface area contributed by atoms with Crippen molar-refractivity contribution in [3.05, 3.63) is 69.8 Å². The lowest BCUT2D eigenvalue weighted by atomic mass is 10.2. The van der Waals surface area contributed by atoms with Crippen molar-refractivity contribution in [2.45, 2.75) is 10.6 Å². The molecule has 1 fully saturated rings. The lowest BCUT2D eigenvalue weighted by molar-refractivity contribution is -0.384. The summed E-state index contributed by atoms with van der Waals surface area (Å²) in [6.07, 6.45) is 0.743. The first kappa shape index (κ1) is 16.4. The molecule has 9 heteroatoms. The van der Waals surface area contributed by atoms with E-state index in [4.69, 9.17) is 16.3 Å². The van der Waals surface area contributed by atoms with E-state index in [0.717, 1.165) is 11.8 Å². The van der Waals surface area contributed by atoms with Crippen molar-refractivity contribution >= 4 is 29.4 Å². The number of aldehydes is 1. The molecule has 0 unspecified atom stereocenters. The molecule has 24 heavy (non-hydrogen) atoms. The summed E-state index contributed by atoms with van der Waals surface area (Å²) in [6.45, 7) is 0. The van der Waals surface area contributed by atoms with E-state index >= 15 is 0 Å². The van der Waals surface area contributed by atoms with E-state index in [9.17, 15) is 14.9 Å². The molecule has 1 atom stereocenters. The highest BCUT2D eigenvalue weighted by atomic mass is 32.2. The third-order valence-electron chi connectivity index (χ3n) is 3.42. The van der Waals surface area contributed by atoms with Gasteiger partial charge in [0.1, 0.15) is 11.7 Å². The highest BCUT2D eigenvalue weighted by Gasteiger charge is 2.42. The molecule has 1 aliphatic rings. The van der Waals surface area contributed by atoms with E-state index in [-0.39, 0.29) is 11.1 Å². The van der Waals surface area contributed by atoms with Crippen LogP contribution in [0.5, 0.6) is 0 Å². The molecule has 8 nitrogen and oxygen atoms in total. The van der Waals surface area contributed by atoms with Crippen LogP contribution in [0.1, 0.15) is 21.3 Å². The number of nitrogens with two attached hydrogens (primary N) is 2. The first-order valence-electron chi connectivity index (χ1n) is 6.93. The number of thioether (sulfide) groups is 1. The van der Waals surface area contributed by atoms with Gasteiger partial charge in [0.15, 0.2) is 0 Å². The number of nitro groups is 1. The molecular formula is C15H14N4O4S. The predicted molar refractivity (Wildman–Crippen MR) is 89.9 cm³/mol. The number of anilines is 1. The van der Waals surface area contributed by atoms with Crippen LogP contribution in [0.4, 0.5) is 11.4 Å². The molecule has 0 aliphatic carbocycles. The van der Waals surface area contributed by atoms with Gasteiger partial charge in [-0.2, -0.15) is 0 Å². The maximum atomic E-state index is 10.8. The van der Waals surface area contributed by atoms with Crippen molar-refractivity contribution in [1.29, 1.82) is 0 Å². The Morgan fingerprint density at radius 3 is 2.33 bits per heavy atom. The van der Waals surface area contributed by atoms with Crippen molar-refractivity contribution < 1.29 is 14.6 Å².